The summed E-state index contributed by atoms with van der Waals surface area (Å²) in [5.41, 5.74) is 21.8. The van der Waals surface area contributed by atoms with Crippen LogP contribution in [0.5, 0.6) is 0 Å². The van der Waals surface area contributed by atoms with Crippen molar-refractivity contribution in [2.45, 2.75) is 45.6 Å². The molecule has 0 aliphatic heterocycles. The minimum atomic E-state index is -0.619. The molecule has 0 saturated carbocycles. The van der Waals surface area contributed by atoms with Crippen LogP contribution in [0, 0.1) is 5.41 Å². The van der Waals surface area contributed by atoms with Gasteiger partial charge in [-0.05, 0) is 37.6 Å². The fraction of sp³-hybridized carbons (Fsp3) is 0.846. The maximum atomic E-state index is 11.6. The molecule has 0 aromatic rings. The van der Waals surface area contributed by atoms with E-state index >= 15 is 0 Å². The molecule has 7 heteroatoms. The monoisotopic (exact) mass is 287 g/mol. The first kappa shape index (κ1) is 18.7. The van der Waals surface area contributed by atoms with E-state index in [4.69, 9.17) is 27.7 Å². The van der Waals surface area contributed by atoms with Crippen molar-refractivity contribution < 1.29 is 9.53 Å². The molecule has 7 nitrogen and oxygen atoms in total. The Labute approximate surface area is 121 Å². The zero-order valence-corrected chi connectivity index (χ0v) is 12.6. The standard InChI is InChI=1S/C13H29N5O2/c1-13(2,9-14)6-4-8-20-11(19)10(15)5-3-7-18-12(16)17/h10H,3-9,14-15H2,1-2H3,(H4,16,17,18)/t10-/m1/s1. The van der Waals surface area contributed by atoms with Gasteiger partial charge in [-0.3, -0.25) is 9.79 Å². The molecule has 0 rings (SSSR count). The van der Waals surface area contributed by atoms with E-state index in [-0.39, 0.29) is 17.3 Å². The number of aliphatic imine (C=N–C) groups is 1. The molecule has 0 fully saturated rings. The smallest absolute Gasteiger partial charge is 0.322 e. The predicted octanol–water partition coefficient (Wildman–Crippen LogP) is -0.324. The number of guanidine groups is 1. The van der Waals surface area contributed by atoms with Crippen LogP contribution in [0.3, 0.4) is 0 Å². The van der Waals surface area contributed by atoms with Gasteiger partial charge in [0.05, 0.1) is 6.61 Å². The first-order chi connectivity index (χ1) is 9.28. The molecule has 0 bridgehead atoms. The highest BCUT2D eigenvalue weighted by molar-refractivity contribution is 5.76. The number of carbonyl (C=O) groups is 1. The van der Waals surface area contributed by atoms with Gasteiger partial charge < -0.3 is 27.7 Å². The summed E-state index contributed by atoms with van der Waals surface area (Å²) in [5, 5.41) is 0. The third-order valence-corrected chi connectivity index (χ3v) is 3.07. The number of nitrogens with two attached hydrogens (primary N) is 4. The zero-order chi connectivity index (χ0) is 15.6. The van der Waals surface area contributed by atoms with E-state index in [9.17, 15) is 4.79 Å². The van der Waals surface area contributed by atoms with E-state index in [1.165, 1.54) is 0 Å². The van der Waals surface area contributed by atoms with Crippen LogP contribution in [0.4, 0.5) is 0 Å². The first-order valence-corrected chi connectivity index (χ1v) is 6.96. The van der Waals surface area contributed by atoms with E-state index in [1.54, 1.807) is 0 Å². The van der Waals surface area contributed by atoms with Gasteiger partial charge in [-0.2, -0.15) is 0 Å². The Balaban J connectivity index is 3.73. The van der Waals surface area contributed by atoms with Crippen LogP contribution in [0.1, 0.15) is 39.5 Å². The molecule has 0 heterocycles. The highest BCUT2D eigenvalue weighted by Crippen LogP contribution is 2.19. The Morgan fingerprint density at radius 2 is 1.95 bits per heavy atom. The summed E-state index contributed by atoms with van der Waals surface area (Å²) >= 11 is 0. The van der Waals surface area contributed by atoms with Gasteiger partial charge in [0, 0.05) is 6.54 Å². The topological polar surface area (TPSA) is 143 Å². The Kier molecular flexibility index (Phi) is 8.91. The summed E-state index contributed by atoms with van der Waals surface area (Å²) in [6.45, 7) is 5.64. The van der Waals surface area contributed by atoms with Crippen molar-refractivity contribution in [3.63, 3.8) is 0 Å². The molecule has 0 aromatic carbocycles. The highest BCUT2D eigenvalue weighted by atomic mass is 16.5. The van der Waals surface area contributed by atoms with E-state index in [0.717, 1.165) is 12.8 Å². The minimum absolute atomic E-state index is 0.0451. The molecule has 0 aliphatic carbocycles. The Morgan fingerprint density at radius 1 is 1.30 bits per heavy atom. The summed E-state index contributed by atoms with van der Waals surface area (Å²) in [6.07, 6.45) is 2.85. The fourth-order valence-corrected chi connectivity index (χ4v) is 1.57. The molecule has 20 heavy (non-hydrogen) atoms. The van der Waals surface area contributed by atoms with Crippen LogP contribution < -0.4 is 22.9 Å². The molecule has 118 valence electrons. The molecule has 0 amide bonds. The summed E-state index contributed by atoms with van der Waals surface area (Å²) in [7, 11) is 0. The molecule has 0 saturated heterocycles. The molecule has 0 radical (unpaired) electrons. The molecule has 0 aromatic heterocycles. The lowest BCUT2D eigenvalue weighted by atomic mass is 9.88. The molecule has 1 atom stereocenters. The molecule has 0 aliphatic rings. The van der Waals surface area contributed by atoms with Crippen LogP contribution in [-0.4, -0.2) is 37.7 Å². The second-order valence-corrected chi connectivity index (χ2v) is 5.69. The second-order valence-electron chi connectivity index (χ2n) is 5.69. The maximum Gasteiger partial charge on any atom is 0.322 e. The van der Waals surface area contributed by atoms with Crippen molar-refractivity contribution in [1.29, 1.82) is 0 Å². The normalized spacial score (nSPS) is 12.8. The summed E-state index contributed by atoms with van der Waals surface area (Å²) in [4.78, 5) is 15.4. The van der Waals surface area contributed by atoms with Crippen molar-refractivity contribution in [1.82, 2.24) is 0 Å². The van der Waals surface area contributed by atoms with Gasteiger partial charge >= 0.3 is 5.97 Å². The lowest BCUT2D eigenvalue weighted by Gasteiger charge is -2.22. The number of ether oxygens (including phenoxy) is 1. The van der Waals surface area contributed by atoms with Crippen molar-refractivity contribution >= 4 is 11.9 Å². The zero-order valence-electron chi connectivity index (χ0n) is 12.6. The Bertz CT molecular complexity index is 314. The number of esters is 1. The Morgan fingerprint density at radius 3 is 2.50 bits per heavy atom. The average molecular weight is 287 g/mol. The summed E-state index contributed by atoms with van der Waals surface area (Å²) in [6, 6.07) is -0.619. The predicted molar refractivity (Wildman–Crippen MR) is 80.9 cm³/mol. The molecule has 0 unspecified atom stereocenters. The largest absolute Gasteiger partial charge is 0.465 e. The SMILES string of the molecule is CC(C)(CN)CCCOC(=O)[C@H](N)CCCN=C(N)N. The van der Waals surface area contributed by atoms with Gasteiger partial charge in [0.15, 0.2) is 5.96 Å². The van der Waals surface area contributed by atoms with E-state index < -0.39 is 6.04 Å². The third-order valence-electron chi connectivity index (χ3n) is 3.07. The van der Waals surface area contributed by atoms with Crippen molar-refractivity contribution in [2.75, 3.05) is 19.7 Å². The van der Waals surface area contributed by atoms with Gasteiger partial charge in [-0.1, -0.05) is 13.8 Å². The number of carbonyl (C=O) groups excluding carboxylic acids is 1. The summed E-state index contributed by atoms with van der Waals surface area (Å²) < 4.78 is 5.13. The average Bonchev–Trinajstić information content (AvgIpc) is 2.39. The number of nitrogens with zero attached hydrogens (tertiary/aromatic N) is 1. The van der Waals surface area contributed by atoms with Gasteiger partial charge in [0.25, 0.3) is 0 Å². The first-order valence-electron chi connectivity index (χ1n) is 6.96. The van der Waals surface area contributed by atoms with Gasteiger partial charge in [0.1, 0.15) is 6.04 Å². The third kappa shape index (κ3) is 9.57. The van der Waals surface area contributed by atoms with Crippen molar-refractivity contribution in [2.24, 2.45) is 33.3 Å². The van der Waals surface area contributed by atoms with Crippen molar-refractivity contribution in [3.8, 4) is 0 Å². The molecule has 0 spiro atoms. The van der Waals surface area contributed by atoms with Crippen LogP contribution >= 0.6 is 0 Å². The van der Waals surface area contributed by atoms with Crippen LogP contribution in [-0.2, 0) is 9.53 Å². The molecular formula is C13H29N5O2. The minimum Gasteiger partial charge on any atom is -0.465 e. The maximum absolute atomic E-state index is 11.6. The number of hydrogen-bond acceptors (Lipinski definition) is 5. The van der Waals surface area contributed by atoms with E-state index in [2.05, 4.69) is 18.8 Å². The fourth-order valence-electron chi connectivity index (χ4n) is 1.57. The van der Waals surface area contributed by atoms with Crippen LogP contribution in [0.15, 0.2) is 4.99 Å². The highest BCUT2D eigenvalue weighted by Gasteiger charge is 2.17. The lowest BCUT2D eigenvalue weighted by Crippen LogP contribution is -2.33. The van der Waals surface area contributed by atoms with Crippen LogP contribution in [0.2, 0.25) is 0 Å². The molecule has 8 N–H and O–H groups in total. The molecular weight excluding hydrogens is 258 g/mol. The van der Waals surface area contributed by atoms with Crippen LogP contribution in [0.25, 0.3) is 0 Å². The summed E-state index contributed by atoms with van der Waals surface area (Å²) in [5.74, 6) is -0.330. The van der Waals surface area contributed by atoms with Gasteiger partial charge in [-0.15, -0.1) is 0 Å². The quantitative estimate of drug-likeness (QED) is 0.188. The Hall–Kier alpha value is -1.34. The van der Waals surface area contributed by atoms with E-state index in [0.29, 0.717) is 32.5 Å². The lowest BCUT2D eigenvalue weighted by molar-refractivity contribution is -0.145. The number of rotatable bonds is 10. The van der Waals surface area contributed by atoms with E-state index in [1.807, 2.05) is 0 Å². The number of hydrogen-bond donors (Lipinski definition) is 4. The van der Waals surface area contributed by atoms with Gasteiger partial charge in [-0.25, -0.2) is 0 Å². The van der Waals surface area contributed by atoms with Gasteiger partial charge in [0.2, 0.25) is 0 Å². The second kappa shape index (κ2) is 9.55. The van der Waals surface area contributed by atoms with Crippen molar-refractivity contribution in [3.05, 3.63) is 0 Å².